The maximum Gasteiger partial charge on any atom is 0.223 e. The van der Waals surface area contributed by atoms with Crippen LogP contribution in [-0.4, -0.2) is 34.4 Å². The molecule has 0 aromatic heterocycles. The van der Waals surface area contributed by atoms with Gasteiger partial charge in [0.25, 0.3) is 0 Å². The zero-order valence-electron chi connectivity index (χ0n) is 12.2. The van der Waals surface area contributed by atoms with E-state index >= 15 is 0 Å². The second-order valence-electron chi connectivity index (χ2n) is 5.46. The zero-order valence-corrected chi connectivity index (χ0v) is 12.2. The van der Waals surface area contributed by atoms with Crippen LogP contribution in [0.2, 0.25) is 0 Å². The van der Waals surface area contributed by atoms with Gasteiger partial charge >= 0.3 is 0 Å². The van der Waals surface area contributed by atoms with E-state index in [1.807, 2.05) is 18.2 Å². The first kappa shape index (κ1) is 15.4. The summed E-state index contributed by atoms with van der Waals surface area (Å²) in [5.41, 5.74) is 6.95. The molecule has 1 aromatic carbocycles. The number of hydrogen-bond donors (Lipinski definition) is 2. The van der Waals surface area contributed by atoms with Crippen LogP contribution in [0, 0.1) is 0 Å². The van der Waals surface area contributed by atoms with Crippen molar-refractivity contribution in [3.8, 4) is 0 Å². The fourth-order valence-corrected chi connectivity index (χ4v) is 2.84. The Kier molecular flexibility index (Phi) is 5.60. The standard InChI is InChI=1S/C16H23N3O2/c17-16(18-21)14-10-4-5-12-19(14)15(20)11-6-9-13-7-2-1-3-8-13/h1-3,7-8,14,21H,4-6,9-12H2,(H2,17,18). The lowest BCUT2D eigenvalue weighted by atomic mass is 10.00. The molecule has 5 heteroatoms. The number of rotatable bonds is 5. The lowest BCUT2D eigenvalue weighted by molar-refractivity contribution is -0.133. The van der Waals surface area contributed by atoms with E-state index in [0.29, 0.717) is 13.0 Å². The number of amides is 1. The number of carbonyl (C=O) groups excluding carboxylic acids is 1. The lowest BCUT2D eigenvalue weighted by Crippen LogP contribution is -2.50. The van der Waals surface area contributed by atoms with Crippen molar-refractivity contribution in [1.82, 2.24) is 4.90 Å². The summed E-state index contributed by atoms with van der Waals surface area (Å²) in [7, 11) is 0. The molecule has 0 saturated carbocycles. The summed E-state index contributed by atoms with van der Waals surface area (Å²) in [6.45, 7) is 0.699. The zero-order chi connectivity index (χ0) is 15.1. The van der Waals surface area contributed by atoms with Crippen LogP contribution >= 0.6 is 0 Å². The minimum absolute atomic E-state index is 0.0993. The fraction of sp³-hybridized carbons (Fsp3) is 0.500. The van der Waals surface area contributed by atoms with E-state index in [1.54, 1.807) is 4.90 Å². The molecule has 1 fully saturated rings. The van der Waals surface area contributed by atoms with Crippen molar-refractivity contribution in [3.63, 3.8) is 0 Å². The Bertz CT molecular complexity index is 488. The van der Waals surface area contributed by atoms with E-state index in [-0.39, 0.29) is 17.8 Å². The molecular weight excluding hydrogens is 266 g/mol. The van der Waals surface area contributed by atoms with Crippen molar-refractivity contribution < 1.29 is 10.0 Å². The van der Waals surface area contributed by atoms with Crippen LogP contribution < -0.4 is 5.73 Å². The van der Waals surface area contributed by atoms with Gasteiger partial charge in [-0.15, -0.1) is 0 Å². The summed E-state index contributed by atoms with van der Waals surface area (Å²) in [6, 6.07) is 9.92. The molecule has 1 aromatic rings. The predicted octanol–water partition coefficient (Wildman–Crippen LogP) is 2.14. The molecule has 5 nitrogen and oxygen atoms in total. The Balaban J connectivity index is 1.86. The van der Waals surface area contributed by atoms with E-state index in [0.717, 1.165) is 32.1 Å². The van der Waals surface area contributed by atoms with Crippen molar-refractivity contribution in [2.75, 3.05) is 6.54 Å². The first-order valence-corrected chi connectivity index (χ1v) is 7.53. The molecule has 1 amide bonds. The van der Waals surface area contributed by atoms with Gasteiger partial charge in [0.05, 0.1) is 6.04 Å². The average molecular weight is 289 g/mol. The summed E-state index contributed by atoms with van der Waals surface area (Å²) < 4.78 is 0. The Morgan fingerprint density at radius 3 is 2.81 bits per heavy atom. The Morgan fingerprint density at radius 1 is 1.33 bits per heavy atom. The third-order valence-corrected chi connectivity index (χ3v) is 3.98. The molecule has 1 unspecified atom stereocenters. The molecule has 0 radical (unpaired) electrons. The minimum Gasteiger partial charge on any atom is -0.409 e. The van der Waals surface area contributed by atoms with Crippen LogP contribution in [0.15, 0.2) is 35.5 Å². The third kappa shape index (κ3) is 4.21. The minimum atomic E-state index is -0.243. The number of likely N-dealkylation sites (tertiary alicyclic amines) is 1. The molecule has 1 saturated heterocycles. The second kappa shape index (κ2) is 7.67. The van der Waals surface area contributed by atoms with Crippen LogP contribution in [0.5, 0.6) is 0 Å². The highest BCUT2D eigenvalue weighted by molar-refractivity contribution is 5.90. The first-order chi connectivity index (χ1) is 10.2. The Hall–Kier alpha value is -2.04. The number of nitrogens with two attached hydrogens (primary N) is 1. The first-order valence-electron chi connectivity index (χ1n) is 7.53. The van der Waals surface area contributed by atoms with Crippen LogP contribution in [0.1, 0.15) is 37.7 Å². The Labute approximate surface area is 125 Å². The van der Waals surface area contributed by atoms with Crippen molar-refractivity contribution >= 4 is 11.7 Å². The SMILES string of the molecule is NC(=NO)C1CCCCN1C(=O)CCCc1ccccc1. The van der Waals surface area contributed by atoms with Gasteiger partial charge in [0.15, 0.2) is 5.84 Å². The Morgan fingerprint density at radius 2 is 2.10 bits per heavy atom. The van der Waals surface area contributed by atoms with Crippen molar-refractivity contribution in [2.45, 2.75) is 44.6 Å². The third-order valence-electron chi connectivity index (χ3n) is 3.98. The molecule has 0 bridgehead atoms. The number of nitrogens with zero attached hydrogens (tertiary/aromatic N) is 2. The number of oxime groups is 1. The van der Waals surface area contributed by atoms with Crippen molar-refractivity contribution in [2.24, 2.45) is 10.9 Å². The van der Waals surface area contributed by atoms with Crippen LogP contribution in [0.4, 0.5) is 0 Å². The largest absolute Gasteiger partial charge is 0.409 e. The summed E-state index contributed by atoms with van der Waals surface area (Å²) >= 11 is 0. The highest BCUT2D eigenvalue weighted by atomic mass is 16.4. The summed E-state index contributed by atoms with van der Waals surface area (Å²) in [5.74, 6) is 0.244. The lowest BCUT2D eigenvalue weighted by Gasteiger charge is -2.34. The molecule has 1 aliphatic heterocycles. The molecule has 0 spiro atoms. The van der Waals surface area contributed by atoms with E-state index in [1.165, 1.54) is 5.56 Å². The van der Waals surface area contributed by atoms with E-state index < -0.39 is 0 Å². The number of hydrogen-bond acceptors (Lipinski definition) is 3. The van der Waals surface area contributed by atoms with Gasteiger partial charge in [-0.1, -0.05) is 35.5 Å². The van der Waals surface area contributed by atoms with Gasteiger partial charge in [-0.05, 0) is 37.7 Å². The number of benzene rings is 1. The molecule has 0 aliphatic carbocycles. The maximum atomic E-state index is 12.4. The number of amidine groups is 1. The molecule has 2 rings (SSSR count). The van der Waals surface area contributed by atoms with E-state index in [2.05, 4.69) is 17.3 Å². The normalized spacial score (nSPS) is 19.5. The predicted molar refractivity (Wildman–Crippen MR) is 82.1 cm³/mol. The van der Waals surface area contributed by atoms with E-state index in [9.17, 15) is 4.79 Å². The molecule has 1 heterocycles. The van der Waals surface area contributed by atoms with Crippen LogP contribution in [-0.2, 0) is 11.2 Å². The van der Waals surface area contributed by atoms with Crippen LogP contribution in [0.25, 0.3) is 0 Å². The molecule has 114 valence electrons. The summed E-state index contributed by atoms with van der Waals surface area (Å²) in [5, 5.41) is 11.9. The highest BCUT2D eigenvalue weighted by Gasteiger charge is 2.29. The summed E-state index contributed by atoms with van der Waals surface area (Å²) in [4.78, 5) is 14.1. The van der Waals surface area contributed by atoms with Gasteiger partial charge in [-0.2, -0.15) is 0 Å². The number of piperidine rings is 1. The maximum absolute atomic E-state index is 12.4. The van der Waals surface area contributed by atoms with Gasteiger partial charge in [-0.3, -0.25) is 4.79 Å². The van der Waals surface area contributed by atoms with Crippen LogP contribution in [0.3, 0.4) is 0 Å². The molecule has 21 heavy (non-hydrogen) atoms. The fourth-order valence-electron chi connectivity index (χ4n) is 2.84. The van der Waals surface area contributed by atoms with Gasteiger partial charge in [0.2, 0.25) is 5.91 Å². The average Bonchev–Trinajstić information content (AvgIpc) is 2.55. The van der Waals surface area contributed by atoms with Gasteiger partial charge < -0.3 is 15.8 Å². The second-order valence-corrected chi connectivity index (χ2v) is 5.46. The summed E-state index contributed by atoms with van der Waals surface area (Å²) in [6.07, 6.45) is 5.00. The molecule has 3 N–H and O–H groups in total. The van der Waals surface area contributed by atoms with Gasteiger partial charge in [0, 0.05) is 13.0 Å². The quantitative estimate of drug-likeness (QED) is 0.377. The molecule has 1 aliphatic rings. The molecular formula is C16H23N3O2. The van der Waals surface area contributed by atoms with E-state index in [4.69, 9.17) is 10.9 Å². The number of aryl methyl sites for hydroxylation is 1. The molecule has 1 atom stereocenters. The topological polar surface area (TPSA) is 78.9 Å². The monoisotopic (exact) mass is 289 g/mol. The smallest absolute Gasteiger partial charge is 0.223 e. The highest BCUT2D eigenvalue weighted by Crippen LogP contribution is 2.19. The number of carbonyl (C=O) groups is 1. The van der Waals surface area contributed by atoms with Crippen molar-refractivity contribution in [3.05, 3.63) is 35.9 Å². The van der Waals surface area contributed by atoms with Crippen molar-refractivity contribution in [1.29, 1.82) is 0 Å². The van der Waals surface area contributed by atoms with Gasteiger partial charge in [0.1, 0.15) is 0 Å². The van der Waals surface area contributed by atoms with Gasteiger partial charge in [-0.25, -0.2) is 0 Å².